The van der Waals surface area contributed by atoms with Gasteiger partial charge in [-0.25, -0.2) is 9.97 Å². The summed E-state index contributed by atoms with van der Waals surface area (Å²) in [6, 6.07) is 0.512. The van der Waals surface area contributed by atoms with Crippen LogP contribution in [-0.2, 0) is 0 Å². The number of fused-ring (bicyclic) bond motifs is 1. The molecule has 0 amide bonds. The minimum atomic E-state index is 0.512. The molecule has 5 nitrogen and oxygen atoms in total. The third kappa shape index (κ3) is 3.26. The first-order valence-electron chi connectivity index (χ1n) is 7.67. The topological polar surface area (TPSA) is 54.2 Å². The summed E-state index contributed by atoms with van der Waals surface area (Å²) in [6.07, 6.45) is 13.0. The van der Waals surface area contributed by atoms with Crippen molar-refractivity contribution in [2.75, 3.05) is 23.4 Å². The Labute approximate surface area is 129 Å². The van der Waals surface area contributed by atoms with Crippen molar-refractivity contribution >= 4 is 29.0 Å². The highest BCUT2D eigenvalue weighted by molar-refractivity contribution is 7.99. The molecule has 6 heteroatoms. The van der Waals surface area contributed by atoms with Gasteiger partial charge >= 0.3 is 0 Å². The van der Waals surface area contributed by atoms with Gasteiger partial charge in [-0.2, -0.15) is 11.8 Å². The molecule has 114 valence electrons. The Hall–Kier alpha value is -1.43. The predicted octanol–water partition coefficient (Wildman–Crippen LogP) is 3.25. The number of anilines is 2. The van der Waals surface area contributed by atoms with Crippen LogP contribution in [0.4, 0.5) is 11.6 Å². The number of hydrogen-bond acceptors (Lipinski definition) is 5. The molecule has 0 atom stereocenters. The van der Waals surface area contributed by atoms with Crippen molar-refractivity contribution in [3.05, 3.63) is 18.6 Å². The van der Waals surface area contributed by atoms with E-state index in [-0.39, 0.29) is 0 Å². The number of imidazole rings is 1. The molecule has 0 radical (unpaired) electrons. The fraction of sp³-hybridized carbons (Fsp3) is 0.600. The molecule has 1 aliphatic rings. The van der Waals surface area contributed by atoms with Crippen LogP contribution in [0.2, 0.25) is 0 Å². The Morgan fingerprint density at radius 1 is 1.33 bits per heavy atom. The molecule has 0 aromatic carbocycles. The van der Waals surface area contributed by atoms with Crippen molar-refractivity contribution in [3.8, 4) is 0 Å². The van der Waals surface area contributed by atoms with Gasteiger partial charge in [-0.05, 0) is 38.9 Å². The van der Waals surface area contributed by atoms with E-state index >= 15 is 0 Å². The number of nitrogens with one attached hydrogen (secondary N) is 2. The number of nitrogens with zero attached hydrogens (tertiary/aromatic N) is 3. The number of hydrogen-bond donors (Lipinski definition) is 2. The van der Waals surface area contributed by atoms with E-state index in [1.807, 2.05) is 34.8 Å². The molecule has 1 saturated carbocycles. The zero-order valence-corrected chi connectivity index (χ0v) is 13.5. The summed E-state index contributed by atoms with van der Waals surface area (Å²) in [4.78, 5) is 9.11. The highest BCUT2D eigenvalue weighted by atomic mass is 32.2. The standard InChI is InChI=1S/C15H23N5S/c1-3-16-13-10-20-9-8-17-15(20)14(19-13)18-11-4-6-12(21-2)7-5-11/h8-12,16H,3-7H2,1-2H3,(H,18,19). The van der Waals surface area contributed by atoms with E-state index in [2.05, 4.69) is 33.8 Å². The molecule has 2 heterocycles. The molecular formula is C15H23N5S. The van der Waals surface area contributed by atoms with Crippen molar-refractivity contribution in [2.45, 2.75) is 43.9 Å². The normalized spacial score (nSPS) is 22.4. The first kappa shape index (κ1) is 14.5. The van der Waals surface area contributed by atoms with Crippen LogP contribution in [0.25, 0.3) is 5.65 Å². The Kier molecular flexibility index (Phi) is 4.53. The molecule has 0 spiro atoms. The number of rotatable bonds is 5. The van der Waals surface area contributed by atoms with Crippen LogP contribution in [0.3, 0.4) is 0 Å². The van der Waals surface area contributed by atoms with E-state index in [1.165, 1.54) is 25.7 Å². The van der Waals surface area contributed by atoms with Gasteiger partial charge in [0.25, 0.3) is 0 Å². The van der Waals surface area contributed by atoms with Crippen LogP contribution in [0.5, 0.6) is 0 Å². The summed E-state index contributed by atoms with van der Waals surface area (Å²) in [5.74, 6) is 1.79. The average Bonchev–Trinajstić information content (AvgIpc) is 2.97. The minimum Gasteiger partial charge on any atom is -0.369 e. The lowest BCUT2D eigenvalue weighted by molar-refractivity contribution is 0.472. The van der Waals surface area contributed by atoms with Crippen molar-refractivity contribution in [3.63, 3.8) is 0 Å². The average molecular weight is 305 g/mol. The largest absolute Gasteiger partial charge is 0.369 e. The lowest BCUT2D eigenvalue weighted by Gasteiger charge is -2.28. The molecule has 0 aliphatic heterocycles. The Balaban J connectivity index is 1.78. The number of aromatic nitrogens is 3. The highest BCUT2D eigenvalue weighted by Crippen LogP contribution is 2.29. The molecule has 1 fully saturated rings. The van der Waals surface area contributed by atoms with Gasteiger partial charge in [-0.1, -0.05) is 0 Å². The molecule has 2 aromatic rings. The predicted molar refractivity (Wildman–Crippen MR) is 90.3 cm³/mol. The maximum absolute atomic E-state index is 4.69. The Morgan fingerprint density at radius 3 is 2.86 bits per heavy atom. The third-order valence-electron chi connectivity index (χ3n) is 4.08. The molecule has 3 rings (SSSR count). The van der Waals surface area contributed by atoms with E-state index in [0.29, 0.717) is 6.04 Å². The second-order valence-corrected chi connectivity index (χ2v) is 6.65. The fourth-order valence-electron chi connectivity index (χ4n) is 2.93. The van der Waals surface area contributed by atoms with Crippen molar-refractivity contribution in [1.82, 2.24) is 14.4 Å². The highest BCUT2D eigenvalue weighted by Gasteiger charge is 2.21. The number of thioether (sulfide) groups is 1. The fourth-order valence-corrected chi connectivity index (χ4v) is 3.67. The van der Waals surface area contributed by atoms with Gasteiger partial charge in [0, 0.05) is 30.2 Å². The molecular weight excluding hydrogens is 282 g/mol. The van der Waals surface area contributed by atoms with Gasteiger partial charge in [0.15, 0.2) is 11.5 Å². The molecule has 0 bridgehead atoms. The van der Waals surface area contributed by atoms with E-state index in [4.69, 9.17) is 0 Å². The second kappa shape index (κ2) is 6.56. The molecule has 0 saturated heterocycles. The van der Waals surface area contributed by atoms with E-state index in [9.17, 15) is 0 Å². The molecule has 1 aliphatic carbocycles. The first-order valence-corrected chi connectivity index (χ1v) is 8.96. The maximum atomic E-state index is 4.69. The molecule has 0 unspecified atom stereocenters. The summed E-state index contributed by atoms with van der Waals surface area (Å²) >= 11 is 2.00. The third-order valence-corrected chi connectivity index (χ3v) is 5.22. The van der Waals surface area contributed by atoms with Crippen molar-refractivity contribution in [2.24, 2.45) is 0 Å². The van der Waals surface area contributed by atoms with Gasteiger partial charge in [0.05, 0.1) is 6.20 Å². The van der Waals surface area contributed by atoms with Crippen LogP contribution in [0.1, 0.15) is 32.6 Å². The summed E-state index contributed by atoms with van der Waals surface area (Å²) in [7, 11) is 0. The Morgan fingerprint density at radius 2 is 2.14 bits per heavy atom. The van der Waals surface area contributed by atoms with Gasteiger partial charge in [-0.3, -0.25) is 0 Å². The van der Waals surface area contributed by atoms with Gasteiger partial charge < -0.3 is 15.0 Å². The molecule has 2 aromatic heterocycles. The van der Waals surface area contributed by atoms with Gasteiger partial charge in [0.2, 0.25) is 0 Å². The van der Waals surface area contributed by atoms with Crippen LogP contribution < -0.4 is 10.6 Å². The van der Waals surface area contributed by atoms with Gasteiger partial charge in [0.1, 0.15) is 5.82 Å². The summed E-state index contributed by atoms with van der Waals surface area (Å²) in [6.45, 7) is 2.95. The lowest BCUT2D eigenvalue weighted by Crippen LogP contribution is -2.27. The lowest BCUT2D eigenvalue weighted by atomic mass is 9.95. The minimum absolute atomic E-state index is 0.512. The van der Waals surface area contributed by atoms with Crippen molar-refractivity contribution in [1.29, 1.82) is 0 Å². The zero-order valence-electron chi connectivity index (χ0n) is 12.7. The maximum Gasteiger partial charge on any atom is 0.180 e. The van der Waals surface area contributed by atoms with Crippen LogP contribution in [-0.4, -0.2) is 38.5 Å². The van der Waals surface area contributed by atoms with E-state index < -0.39 is 0 Å². The zero-order chi connectivity index (χ0) is 14.7. The summed E-state index contributed by atoms with van der Waals surface area (Å²) < 4.78 is 2.03. The van der Waals surface area contributed by atoms with Gasteiger partial charge in [-0.15, -0.1) is 0 Å². The molecule has 2 N–H and O–H groups in total. The first-order chi connectivity index (χ1) is 10.3. The Bertz CT molecular complexity index is 589. The molecule has 21 heavy (non-hydrogen) atoms. The van der Waals surface area contributed by atoms with E-state index in [0.717, 1.165) is 29.1 Å². The van der Waals surface area contributed by atoms with Crippen molar-refractivity contribution < 1.29 is 0 Å². The van der Waals surface area contributed by atoms with Crippen LogP contribution in [0, 0.1) is 0 Å². The van der Waals surface area contributed by atoms with E-state index in [1.54, 1.807) is 0 Å². The summed E-state index contributed by atoms with van der Waals surface area (Å²) in [5.41, 5.74) is 0.906. The SMILES string of the molecule is CCNc1cn2ccnc2c(NC2CCC(SC)CC2)n1. The van der Waals surface area contributed by atoms with Crippen LogP contribution in [0.15, 0.2) is 18.6 Å². The monoisotopic (exact) mass is 305 g/mol. The second-order valence-electron chi connectivity index (χ2n) is 5.52. The summed E-state index contributed by atoms with van der Waals surface area (Å²) in [5, 5.41) is 7.72. The quantitative estimate of drug-likeness (QED) is 0.888. The smallest absolute Gasteiger partial charge is 0.180 e. The van der Waals surface area contributed by atoms with Crippen LogP contribution >= 0.6 is 11.8 Å².